The number of carbonyl (C=O) groups excluding carboxylic acids is 2. The van der Waals surface area contributed by atoms with Gasteiger partial charge in [-0.3, -0.25) is 13.9 Å². The monoisotopic (exact) mass is 597 g/mol. The lowest BCUT2D eigenvalue weighted by atomic mass is 10.1. The third kappa shape index (κ3) is 8.50. The summed E-state index contributed by atoms with van der Waals surface area (Å²) in [6, 6.07) is 19.9. The molecule has 8 nitrogen and oxygen atoms in total. The standard InChI is InChI=1S/C31H39N3O5S2/c1-22(2)19-32-31(36)24(4)33(20-25-8-7-9-27(18-25)39-5)30(35)21-34(26-12-10-23(3)11-13-26)41(37,38)29-16-14-28(40-6)15-17-29/h7-18,22,24H,19-21H2,1-6H3,(H,32,36). The summed E-state index contributed by atoms with van der Waals surface area (Å²) in [4.78, 5) is 29.5. The first-order valence-corrected chi connectivity index (χ1v) is 16.1. The summed E-state index contributed by atoms with van der Waals surface area (Å²) in [7, 11) is -2.56. The Morgan fingerprint density at radius 1 is 0.976 bits per heavy atom. The summed E-state index contributed by atoms with van der Waals surface area (Å²) in [6.07, 6.45) is 1.91. The smallest absolute Gasteiger partial charge is 0.264 e. The molecule has 1 N–H and O–H groups in total. The first kappa shape index (κ1) is 32.0. The summed E-state index contributed by atoms with van der Waals surface area (Å²) in [5.41, 5.74) is 2.06. The number of anilines is 1. The first-order chi connectivity index (χ1) is 19.5. The van der Waals surface area contributed by atoms with E-state index in [1.165, 1.54) is 16.7 Å². The molecule has 0 aliphatic carbocycles. The largest absolute Gasteiger partial charge is 0.497 e. The molecule has 220 valence electrons. The minimum absolute atomic E-state index is 0.0748. The minimum Gasteiger partial charge on any atom is -0.497 e. The zero-order valence-corrected chi connectivity index (χ0v) is 26.1. The second-order valence-corrected chi connectivity index (χ2v) is 13.0. The molecule has 3 rings (SSSR count). The maximum Gasteiger partial charge on any atom is 0.264 e. The molecule has 0 aliphatic rings. The summed E-state index contributed by atoms with van der Waals surface area (Å²) in [6.45, 7) is 7.60. The van der Waals surface area contributed by atoms with Gasteiger partial charge in [-0.1, -0.05) is 43.7 Å². The molecule has 3 aromatic rings. The Balaban J connectivity index is 2.02. The average molecular weight is 598 g/mol. The number of rotatable bonds is 13. The normalized spacial score (nSPS) is 12.1. The van der Waals surface area contributed by atoms with E-state index >= 15 is 0 Å². The average Bonchev–Trinajstić information content (AvgIpc) is 2.97. The SMILES string of the molecule is COc1cccc(CN(C(=O)CN(c2ccc(C)cc2)S(=O)(=O)c2ccc(SC)cc2)C(C)C(=O)NCC(C)C)c1. The van der Waals surface area contributed by atoms with E-state index in [0.717, 1.165) is 20.3 Å². The van der Waals surface area contributed by atoms with Crippen molar-refractivity contribution in [2.45, 2.75) is 50.1 Å². The van der Waals surface area contributed by atoms with Crippen molar-refractivity contribution in [2.75, 3.05) is 30.8 Å². The van der Waals surface area contributed by atoms with Gasteiger partial charge in [-0.25, -0.2) is 8.42 Å². The van der Waals surface area contributed by atoms with Gasteiger partial charge >= 0.3 is 0 Å². The van der Waals surface area contributed by atoms with Crippen LogP contribution in [-0.4, -0.2) is 57.6 Å². The molecule has 0 heterocycles. The zero-order chi connectivity index (χ0) is 30.2. The highest BCUT2D eigenvalue weighted by molar-refractivity contribution is 7.98. The number of hydrogen-bond acceptors (Lipinski definition) is 6. The van der Waals surface area contributed by atoms with Gasteiger partial charge in [0.05, 0.1) is 17.7 Å². The highest BCUT2D eigenvalue weighted by Crippen LogP contribution is 2.27. The van der Waals surface area contributed by atoms with E-state index in [4.69, 9.17) is 4.74 Å². The van der Waals surface area contributed by atoms with E-state index in [9.17, 15) is 18.0 Å². The highest BCUT2D eigenvalue weighted by Gasteiger charge is 2.32. The van der Waals surface area contributed by atoms with Gasteiger partial charge in [0, 0.05) is 18.0 Å². The van der Waals surface area contributed by atoms with E-state index in [-0.39, 0.29) is 23.3 Å². The number of sulfonamides is 1. The van der Waals surface area contributed by atoms with Gasteiger partial charge in [0.2, 0.25) is 11.8 Å². The van der Waals surface area contributed by atoms with Gasteiger partial charge in [-0.15, -0.1) is 11.8 Å². The maximum absolute atomic E-state index is 14.0. The molecular formula is C31H39N3O5S2. The number of ether oxygens (including phenoxy) is 1. The molecule has 2 amide bonds. The molecule has 0 saturated heterocycles. The van der Waals surface area contributed by atoms with Crippen molar-refractivity contribution in [1.82, 2.24) is 10.2 Å². The van der Waals surface area contributed by atoms with Crippen LogP contribution in [0.2, 0.25) is 0 Å². The molecule has 3 aromatic carbocycles. The van der Waals surface area contributed by atoms with Crippen LogP contribution in [0.5, 0.6) is 5.75 Å². The fourth-order valence-electron chi connectivity index (χ4n) is 4.12. The number of hydrogen-bond donors (Lipinski definition) is 1. The van der Waals surface area contributed by atoms with Crippen LogP contribution in [0.25, 0.3) is 0 Å². The van der Waals surface area contributed by atoms with Crippen LogP contribution in [0.3, 0.4) is 0 Å². The highest BCUT2D eigenvalue weighted by atomic mass is 32.2. The van der Waals surface area contributed by atoms with E-state index in [2.05, 4.69) is 5.32 Å². The van der Waals surface area contributed by atoms with Crippen molar-refractivity contribution in [3.8, 4) is 5.75 Å². The lowest BCUT2D eigenvalue weighted by Crippen LogP contribution is -2.51. The molecule has 1 unspecified atom stereocenters. The van der Waals surface area contributed by atoms with Crippen LogP contribution in [0, 0.1) is 12.8 Å². The fraction of sp³-hybridized carbons (Fsp3) is 0.355. The number of thioether (sulfide) groups is 1. The Kier molecular flexibility index (Phi) is 11.3. The Bertz CT molecular complexity index is 1420. The molecule has 0 aliphatic heterocycles. The van der Waals surface area contributed by atoms with Crippen LogP contribution in [0.4, 0.5) is 5.69 Å². The van der Waals surface area contributed by atoms with E-state index in [0.29, 0.717) is 18.0 Å². The van der Waals surface area contributed by atoms with E-state index in [1.807, 2.05) is 39.2 Å². The summed E-state index contributed by atoms with van der Waals surface area (Å²) in [5.74, 6) is 0.0231. The van der Waals surface area contributed by atoms with E-state index < -0.39 is 28.5 Å². The van der Waals surface area contributed by atoms with Crippen molar-refractivity contribution < 1.29 is 22.7 Å². The number of methoxy groups -OCH3 is 1. The van der Waals surface area contributed by atoms with Crippen molar-refractivity contribution >= 4 is 39.3 Å². The Morgan fingerprint density at radius 2 is 1.63 bits per heavy atom. The lowest BCUT2D eigenvalue weighted by Gasteiger charge is -2.32. The van der Waals surface area contributed by atoms with Crippen molar-refractivity contribution in [3.63, 3.8) is 0 Å². The Labute approximate surface area is 248 Å². The predicted molar refractivity (Wildman–Crippen MR) is 165 cm³/mol. The van der Waals surface area contributed by atoms with Crippen LogP contribution in [-0.2, 0) is 26.2 Å². The van der Waals surface area contributed by atoms with Gasteiger partial charge in [-0.2, -0.15) is 0 Å². The topological polar surface area (TPSA) is 96.0 Å². The first-order valence-electron chi connectivity index (χ1n) is 13.4. The number of amides is 2. The molecule has 0 fully saturated rings. The Morgan fingerprint density at radius 3 is 2.22 bits per heavy atom. The maximum atomic E-state index is 14.0. The quantitative estimate of drug-likeness (QED) is 0.275. The summed E-state index contributed by atoms with van der Waals surface area (Å²) >= 11 is 1.51. The predicted octanol–water partition coefficient (Wildman–Crippen LogP) is 5.11. The second kappa shape index (κ2) is 14.4. The minimum atomic E-state index is -4.12. The number of benzene rings is 3. The summed E-state index contributed by atoms with van der Waals surface area (Å²) < 4.78 is 34.4. The van der Waals surface area contributed by atoms with Crippen LogP contribution in [0.1, 0.15) is 31.9 Å². The van der Waals surface area contributed by atoms with E-state index in [1.54, 1.807) is 74.7 Å². The van der Waals surface area contributed by atoms with Crippen LogP contribution in [0.15, 0.2) is 82.6 Å². The van der Waals surface area contributed by atoms with Crippen LogP contribution >= 0.6 is 11.8 Å². The van der Waals surface area contributed by atoms with Gasteiger partial charge in [0.1, 0.15) is 18.3 Å². The number of aryl methyl sites for hydroxylation is 1. The lowest BCUT2D eigenvalue weighted by molar-refractivity contribution is -0.139. The zero-order valence-electron chi connectivity index (χ0n) is 24.5. The van der Waals surface area contributed by atoms with Gasteiger partial charge in [0.15, 0.2) is 0 Å². The molecule has 0 bridgehead atoms. The van der Waals surface area contributed by atoms with Crippen molar-refractivity contribution in [2.24, 2.45) is 5.92 Å². The molecule has 0 radical (unpaired) electrons. The van der Waals surface area contributed by atoms with Gasteiger partial charge < -0.3 is 15.0 Å². The third-order valence-corrected chi connectivity index (χ3v) is 9.12. The molecule has 0 saturated carbocycles. The number of nitrogens with zero attached hydrogens (tertiary/aromatic N) is 2. The molecule has 41 heavy (non-hydrogen) atoms. The fourth-order valence-corrected chi connectivity index (χ4v) is 5.94. The number of carbonyl (C=O) groups is 2. The molecule has 10 heteroatoms. The molecule has 0 spiro atoms. The van der Waals surface area contributed by atoms with Gasteiger partial charge in [0.25, 0.3) is 10.0 Å². The molecular weight excluding hydrogens is 558 g/mol. The number of nitrogens with one attached hydrogen (secondary N) is 1. The second-order valence-electron chi connectivity index (χ2n) is 10.2. The molecule has 0 aromatic heterocycles. The Hall–Kier alpha value is -3.50. The molecule has 1 atom stereocenters. The van der Waals surface area contributed by atoms with Crippen molar-refractivity contribution in [3.05, 3.63) is 83.9 Å². The third-order valence-electron chi connectivity index (χ3n) is 6.59. The van der Waals surface area contributed by atoms with Crippen molar-refractivity contribution in [1.29, 1.82) is 0 Å². The summed E-state index contributed by atoms with van der Waals surface area (Å²) in [5, 5.41) is 2.89. The van der Waals surface area contributed by atoms with Crippen LogP contribution < -0.4 is 14.4 Å². The van der Waals surface area contributed by atoms with Gasteiger partial charge in [-0.05, 0) is 80.1 Å².